The molecule has 0 radical (unpaired) electrons. The van der Waals surface area contributed by atoms with E-state index in [0.717, 1.165) is 22.8 Å². The maximum atomic E-state index is 13.6. The summed E-state index contributed by atoms with van der Waals surface area (Å²) in [6, 6.07) is 30.4. The predicted molar refractivity (Wildman–Crippen MR) is 149 cm³/mol. The van der Waals surface area contributed by atoms with Crippen molar-refractivity contribution in [2.24, 2.45) is 0 Å². The summed E-state index contributed by atoms with van der Waals surface area (Å²) in [5.41, 5.74) is 1.97. The zero-order valence-electron chi connectivity index (χ0n) is 21.5. The predicted octanol–water partition coefficient (Wildman–Crippen LogP) is 5.20. The van der Waals surface area contributed by atoms with Gasteiger partial charge in [0, 0.05) is 18.3 Å². The maximum Gasteiger partial charge on any atom is 0.243 e. The Hall–Kier alpha value is -2.98. The van der Waals surface area contributed by atoms with E-state index in [0.29, 0.717) is 17.9 Å². The van der Waals surface area contributed by atoms with Gasteiger partial charge in [-0.05, 0) is 52.9 Å². The topological polar surface area (TPSA) is 61.2 Å². The van der Waals surface area contributed by atoms with Crippen molar-refractivity contribution in [3.8, 4) is 6.07 Å². The summed E-state index contributed by atoms with van der Waals surface area (Å²) in [6.45, 7) is 9.33. The van der Waals surface area contributed by atoms with Gasteiger partial charge in [-0.25, -0.2) is 8.42 Å². The van der Waals surface area contributed by atoms with Crippen LogP contribution in [0.3, 0.4) is 0 Å². The van der Waals surface area contributed by atoms with Crippen LogP contribution in [0.2, 0.25) is 5.04 Å². The van der Waals surface area contributed by atoms with Gasteiger partial charge in [0.15, 0.2) is 8.07 Å². The number of piperidine rings is 1. The monoisotopic (exact) mass is 514 g/mol. The summed E-state index contributed by atoms with van der Waals surface area (Å²) in [5.74, 6) is 0. The van der Waals surface area contributed by atoms with Gasteiger partial charge in [0.25, 0.3) is 0 Å². The SMILES string of the molecule is Cc1ccc(S(=O)(=O)N2CCC/C(=C(\C#N)[Si](c3ccccc3)(c3ccccc3)C(C)(C)C)C2)cc1. The largest absolute Gasteiger partial charge is 0.243 e. The van der Waals surface area contributed by atoms with E-state index in [1.54, 1.807) is 16.4 Å². The van der Waals surface area contributed by atoms with Crippen LogP contribution in [0.15, 0.2) is 101 Å². The first-order valence-corrected chi connectivity index (χ1v) is 15.9. The lowest BCUT2D eigenvalue weighted by Gasteiger charge is -2.45. The van der Waals surface area contributed by atoms with Crippen LogP contribution in [0.5, 0.6) is 0 Å². The van der Waals surface area contributed by atoms with Gasteiger partial charge in [-0.2, -0.15) is 9.57 Å². The van der Waals surface area contributed by atoms with E-state index in [-0.39, 0.29) is 11.6 Å². The van der Waals surface area contributed by atoms with E-state index < -0.39 is 18.1 Å². The van der Waals surface area contributed by atoms with E-state index in [1.165, 1.54) is 10.4 Å². The highest BCUT2D eigenvalue weighted by Gasteiger charge is 2.52. The third-order valence-corrected chi connectivity index (χ3v) is 15.0. The molecule has 1 fully saturated rings. The minimum Gasteiger partial charge on any atom is -0.207 e. The van der Waals surface area contributed by atoms with Crippen molar-refractivity contribution in [2.75, 3.05) is 13.1 Å². The number of benzene rings is 3. The summed E-state index contributed by atoms with van der Waals surface area (Å²) in [6.07, 6.45) is 1.43. The van der Waals surface area contributed by atoms with Gasteiger partial charge in [0.2, 0.25) is 10.0 Å². The second-order valence-corrected chi connectivity index (χ2v) is 17.2. The normalized spacial score (nSPS) is 16.9. The van der Waals surface area contributed by atoms with E-state index in [2.05, 4.69) is 51.1 Å². The minimum absolute atomic E-state index is 0.230. The number of aryl methyl sites for hydroxylation is 1. The van der Waals surface area contributed by atoms with Gasteiger partial charge in [-0.3, -0.25) is 0 Å². The average Bonchev–Trinajstić information content (AvgIpc) is 2.88. The lowest BCUT2D eigenvalue weighted by Crippen LogP contribution is -2.66. The molecule has 36 heavy (non-hydrogen) atoms. The van der Waals surface area contributed by atoms with Crippen molar-refractivity contribution in [1.29, 1.82) is 5.26 Å². The molecule has 0 saturated carbocycles. The highest BCUT2D eigenvalue weighted by Crippen LogP contribution is 2.42. The van der Waals surface area contributed by atoms with Crippen LogP contribution in [0.1, 0.15) is 39.2 Å². The van der Waals surface area contributed by atoms with Crippen LogP contribution in [-0.4, -0.2) is 33.9 Å². The van der Waals surface area contributed by atoms with E-state index in [4.69, 9.17) is 0 Å². The molecule has 0 aliphatic carbocycles. The minimum atomic E-state index is -3.66. The quantitative estimate of drug-likeness (QED) is 0.347. The smallest absolute Gasteiger partial charge is 0.207 e. The molecule has 1 aliphatic heterocycles. The molecule has 0 spiro atoms. The third kappa shape index (κ3) is 4.59. The number of hydrogen-bond acceptors (Lipinski definition) is 3. The highest BCUT2D eigenvalue weighted by atomic mass is 32.2. The molecule has 1 heterocycles. The van der Waals surface area contributed by atoms with Crippen LogP contribution in [0, 0.1) is 18.3 Å². The fourth-order valence-electron chi connectivity index (χ4n) is 5.61. The molecule has 4 nitrogen and oxygen atoms in total. The fraction of sp³-hybridized carbons (Fsp3) is 0.300. The second-order valence-electron chi connectivity index (χ2n) is 10.6. The Morgan fingerprint density at radius 1 is 0.889 bits per heavy atom. The molecule has 0 N–H and O–H groups in total. The lowest BCUT2D eigenvalue weighted by atomic mass is 10.1. The number of rotatable bonds is 5. The van der Waals surface area contributed by atoms with Crippen molar-refractivity contribution in [3.63, 3.8) is 0 Å². The maximum absolute atomic E-state index is 13.6. The van der Waals surface area contributed by atoms with E-state index in [1.807, 2.05) is 55.5 Å². The fourth-order valence-corrected chi connectivity index (χ4v) is 12.8. The first-order valence-electron chi connectivity index (χ1n) is 12.4. The van der Waals surface area contributed by atoms with E-state index >= 15 is 0 Å². The van der Waals surface area contributed by atoms with Crippen molar-refractivity contribution in [3.05, 3.63) is 101 Å². The van der Waals surface area contributed by atoms with Crippen LogP contribution in [0.25, 0.3) is 0 Å². The lowest BCUT2D eigenvalue weighted by molar-refractivity contribution is 0.394. The molecule has 0 aromatic heterocycles. The molecule has 1 saturated heterocycles. The Morgan fingerprint density at radius 2 is 1.42 bits per heavy atom. The summed E-state index contributed by atoms with van der Waals surface area (Å²) in [4.78, 5) is 0.304. The standard InChI is InChI=1S/C30H34N2O2SSi/c1-24-17-19-26(20-18-24)35(33,34)32-21-11-12-25(23-32)29(22-31)36(30(2,3)4,27-13-7-5-8-14-27)28-15-9-6-10-16-28/h5-10,13-20H,11-12,21,23H2,1-4H3/b29-25-. The van der Waals surface area contributed by atoms with Gasteiger partial charge in [-0.15, -0.1) is 0 Å². The van der Waals surface area contributed by atoms with Gasteiger partial charge in [0.1, 0.15) is 0 Å². The summed E-state index contributed by atoms with van der Waals surface area (Å²) >= 11 is 0. The Kier molecular flexibility index (Phi) is 7.38. The average molecular weight is 515 g/mol. The summed E-state index contributed by atoms with van der Waals surface area (Å²) in [7, 11) is -6.50. The number of nitrogens with zero attached hydrogens (tertiary/aromatic N) is 2. The van der Waals surface area contributed by atoms with Gasteiger partial charge < -0.3 is 0 Å². The Balaban J connectivity index is 1.93. The zero-order valence-corrected chi connectivity index (χ0v) is 23.3. The first kappa shape index (κ1) is 26.1. The molecule has 0 unspecified atom stereocenters. The van der Waals surface area contributed by atoms with Crippen LogP contribution < -0.4 is 10.4 Å². The molecule has 0 amide bonds. The van der Waals surface area contributed by atoms with Crippen molar-refractivity contribution >= 4 is 28.5 Å². The molecule has 0 atom stereocenters. The van der Waals surface area contributed by atoms with Crippen molar-refractivity contribution < 1.29 is 8.42 Å². The molecule has 3 aromatic carbocycles. The Bertz CT molecular complexity index is 1350. The number of sulfonamides is 1. The van der Waals surface area contributed by atoms with Crippen molar-refractivity contribution in [1.82, 2.24) is 4.31 Å². The van der Waals surface area contributed by atoms with Gasteiger partial charge in [-0.1, -0.05) is 99.1 Å². The summed E-state index contributed by atoms with van der Waals surface area (Å²) in [5, 5.41) is 13.7. The van der Waals surface area contributed by atoms with E-state index in [9.17, 15) is 13.7 Å². The van der Waals surface area contributed by atoms with Gasteiger partial charge in [0.05, 0.1) is 11.0 Å². The molecule has 3 aromatic rings. The molecule has 0 bridgehead atoms. The zero-order chi connectivity index (χ0) is 26.0. The third-order valence-electron chi connectivity index (χ3n) is 7.29. The summed E-state index contributed by atoms with van der Waals surface area (Å²) < 4.78 is 28.7. The van der Waals surface area contributed by atoms with Crippen molar-refractivity contribution in [2.45, 2.75) is 50.5 Å². The molecule has 186 valence electrons. The van der Waals surface area contributed by atoms with Crippen LogP contribution >= 0.6 is 0 Å². The van der Waals surface area contributed by atoms with Crippen LogP contribution in [0.4, 0.5) is 0 Å². The molecule has 4 rings (SSSR count). The highest BCUT2D eigenvalue weighted by molar-refractivity contribution is 7.89. The Labute approximate surface area is 217 Å². The molecule has 1 aliphatic rings. The number of hydrogen-bond donors (Lipinski definition) is 0. The molecule has 6 heteroatoms. The first-order chi connectivity index (χ1) is 17.1. The number of nitriles is 1. The van der Waals surface area contributed by atoms with Crippen LogP contribution in [-0.2, 0) is 10.0 Å². The second kappa shape index (κ2) is 10.2. The molecular weight excluding hydrogens is 480 g/mol. The Morgan fingerprint density at radius 3 is 1.89 bits per heavy atom. The van der Waals surface area contributed by atoms with Gasteiger partial charge >= 0.3 is 0 Å². The molecular formula is C30H34N2O2SSi. The number of allylic oxidation sites excluding steroid dienone is 1.